The number of amides is 1. The van der Waals surface area contributed by atoms with Crippen molar-refractivity contribution >= 4 is 5.91 Å². The predicted octanol–water partition coefficient (Wildman–Crippen LogP) is 3.45. The van der Waals surface area contributed by atoms with E-state index in [0.717, 1.165) is 0 Å². The molecule has 1 amide bonds. The van der Waals surface area contributed by atoms with E-state index in [9.17, 15) is 9.18 Å². The zero-order valence-electron chi connectivity index (χ0n) is 15.0. The van der Waals surface area contributed by atoms with Crippen molar-refractivity contribution in [3.05, 3.63) is 53.4 Å². The zero-order valence-corrected chi connectivity index (χ0v) is 15.0. The number of nitrogens with zero attached hydrogens (tertiary/aromatic N) is 4. The highest BCUT2D eigenvalue weighted by atomic mass is 19.1. The standard InChI is InChI=1S/C18H20FN5O2/c1-10(2)24-9-15(11(3)22-24)17(25)20-12(4)18-21-16(23-26-18)13-6-5-7-14(19)8-13/h5-10,12H,1-4H3,(H,20,25)/t12-/m0/s1. The predicted molar refractivity (Wildman–Crippen MR) is 92.9 cm³/mol. The molecule has 0 fully saturated rings. The van der Waals surface area contributed by atoms with Crippen molar-refractivity contribution in [2.45, 2.75) is 39.8 Å². The molecule has 0 aliphatic rings. The quantitative estimate of drug-likeness (QED) is 0.756. The van der Waals surface area contributed by atoms with Crippen LogP contribution in [-0.2, 0) is 0 Å². The molecule has 1 aromatic carbocycles. The second-order valence-electron chi connectivity index (χ2n) is 6.36. The fourth-order valence-electron chi connectivity index (χ4n) is 2.46. The summed E-state index contributed by atoms with van der Waals surface area (Å²) in [6.07, 6.45) is 1.72. The van der Waals surface area contributed by atoms with Crippen molar-refractivity contribution in [1.82, 2.24) is 25.2 Å². The fraction of sp³-hybridized carbons (Fsp3) is 0.333. The lowest BCUT2D eigenvalue weighted by atomic mass is 10.2. The third-order valence-corrected chi connectivity index (χ3v) is 3.93. The highest BCUT2D eigenvalue weighted by Gasteiger charge is 2.21. The van der Waals surface area contributed by atoms with Crippen LogP contribution in [-0.4, -0.2) is 25.8 Å². The van der Waals surface area contributed by atoms with Crippen LogP contribution in [0.4, 0.5) is 4.39 Å². The second-order valence-corrected chi connectivity index (χ2v) is 6.36. The molecule has 0 radical (unpaired) electrons. The van der Waals surface area contributed by atoms with E-state index in [1.807, 2.05) is 13.8 Å². The third-order valence-electron chi connectivity index (χ3n) is 3.93. The largest absolute Gasteiger partial charge is 0.340 e. The number of benzene rings is 1. The van der Waals surface area contributed by atoms with Crippen LogP contribution in [0, 0.1) is 12.7 Å². The van der Waals surface area contributed by atoms with E-state index in [1.54, 1.807) is 36.9 Å². The molecule has 2 aromatic heterocycles. The number of hydrogen-bond donors (Lipinski definition) is 1. The zero-order chi connectivity index (χ0) is 18.8. The van der Waals surface area contributed by atoms with Crippen LogP contribution in [0.3, 0.4) is 0 Å². The summed E-state index contributed by atoms with van der Waals surface area (Å²) in [4.78, 5) is 16.7. The van der Waals surface area contributed by atoms with Gasteiger partial charge in [-0.05, 0) is 39.8 Å². The Morgan fingerprint density at radius 3 is 2.73 bits per heavy atom. The van der Waals surface area contributed by atoms with Crippen LogP contribution in [0.15, 0.2) is 35.0 Å². The Morgan fingerprint density at radius 2 is 2.08 bits per heavy atom. The van der Waals surface area contributed by atoms with E-state index in [2.05, 4.69) is 20.6 Å². The molecule has 2 heterocycles. The van der Waals surface area contributed by atoms with E-state index < -0.39 is 6.04 Å². The van der Waals surface area contributed by atoms with Gasteiger partial charge in [-0.1, -0.05) is 17.3 Å². The summed E-state index contributed by atoms with van der Waals surface area (Å²) in [5, 5.41) is 11.0. The van der Waals surface area contributed by atoms with Crippen LogP contribution in [0.5, 0.6) is 0 Å². The molecule has 26 heavy (non-hydrogen) atoms. The molecule has 0 spiro atoms. The summed E-state index contributed by atoms with van der Waals surface area (Å²) >= 11 is 0. The lowest BCUT2D eigenvalue weighted by Crippen LogP contribution is -2.27. The van der Waals surface area contributed by atoms with Crippen molar-refractivity contribution < 1.29 is 13.7 Å². The second kappa shape index (κ2) is 7.07. The summed E-state index contributed by atoms with van der Waals surface area (Å²) in [5.41, 5.74) is 1.65. The van der Waals surface area contributed by atoms with Gasteiger partial charge in [0, 0.05) is 17.8 Å². The third kappa shape index (κ3) is 3.63. The molecule has 3 aromatic rings. The summed E-state index contributed by atoms with van der Waals surface area (Å²) in [6, 6.07) is 5.58. The van der Waals surface area contributed by atoms with Gasteiger partial charge in [-0.25, -0.2) is 4.39 Å². The minimum absolute atomic E-state index is 0.164. The lowest BCUT2D eigenvalue weighted by Gasteiger charge is -2.08. The Bertz CT molecular complexity index is 931. The van der Waals surface area contributed by atoms with Crippen molar-refractivity contribution in [1.29, 1.82) is 0 Å². The summed E-state index contributed by atoms with van der Waals surface area (Å²) in [7, 11) is 0. The number of nitrogens with one attached hydrogen (secondary N) is 1. The summed E-state index contributed by atoms with van der Waals surface area (Å²) < 4.78 is 20.3. The van der Waals surface area contributed by atoms with E-state index in [0.29, 0.717) is 16.8 Å². The fourth-order valence-corrected chi connectivity index (χ4v) is 2.46. The van der Waals surface area contributed by atoms with Crippen LogP contribution >= 0.6 is 0 Å². The van der Waals surface area contributed by atoms with E-state index in [-0.39, 0.29) is 29.5 Å². The average molecular weight is 357 g/mol. The number of aryl methyl sites for hydroxylation is 1. The molecule has 0 aliphatic heterocycles. The lowest BCUT2D eigenvalue weighted by molar-refractivity contribution is 0.0932. The normalized spacial score (nSPS) is 12.4. The molecule has 7 nitrogen and oxygen atoms in total. The molecule has 8 heteroatoms. The highest BCUT2D eigenvalue weighted by Crippen LogP contribution is 2.20. The maximum atomic E-state index is 13.3. The Balaban J connectivity index is 1.74. The van der Waals surface area contributed by atoms with Crippen molar-refractivity contribution in [2.24, 2.45) is 0 Å². The highest BCUT2D eigenvalue weighted by molar-refractivity contribution is 5.95. The number of rotatable bonds is 5. The van der Waals surface area contributed by atoms with Crippen LogP contribution in [0.2, 0.25) is 0 Å². The van der Waals surface area contributed by atoms with Crippen molar-refractivity contribution in [3.8, 4) is 11.4 Å². The van der Waals surface area contributed by atoms with Gasteiger partial charge in [-0.15, -0.1) is 0 Å². The summed E-state index contributed by atoms with van der Waals surface area (Å²) in [6.45, 7) is 7.50. The Hall–Kier alpha value is -3.03. The molecule has 3 rings (SSSR count). The van der Waals surface area contributed by atoms with Gasteiger partial charge in [0.25, 0.3) is 5.91 Å². The Kier molecular flexibility index (Phi) is 4.83. The molecule has 1 atom stereocenters. The molecule has 136 valence electrons. The molecule has 0 saturated heterocycles. The van der Waals surface area contributed by atoms with Gasteiger partial charge in [0.2, 0.25) is 11.7 Å². The SMILES string of the molecule is Cc1nn(C(C)C)cc1C(=O)N[C@@H](C)c1nc(-c2cccc(F)c2)no1. The number of carbonyl (C=O) groups is 1. The van der Waals surface area contributed by atoms with Gasteiger partial charge in [0.15, 0.2) is 0 Å². The van der Waals surface area contributed by atoms with E-state index >= 15 is 0 Å². The van der Waals surface area contributed by atoms with Gasteiger partial charge in [-0.2, -0.15) is 10.1 Å². The summed E-state index contributed by atoms with van der Waals surface area (Å²) in [5.74, 6) is -0.142. The molecule has 0 aliphatic carbocycles. The first-order valence-corrected chi connectivity index (χ1v) is 8.31. The Morgan fingerprint density at radius 1 is 1.31 bits per heavy atom. The van der Waals surface area contributed by atoms with Gasteiger partial charge < -0.3 is 9.84 Å². The maximum absolute atomic E-state index is 13.3. The first kappa shape index (κ1) is 17.8. The van der Waals surface area contributed by atoms with Crippen molar-refractivity contribution in [2.75, 3.05) is 0 Å². The molecular formula is C18H20FN5O2. The molecule has 0 saturated carbocycles. The van der Waals surface area contributed by atoms with Gasteiger partial charge in [0.05, 0.1) is 11.3 Å². The van der Waals surface area contributed by atoms with Gasteiger partial charge in [0.1, 0.15) is 11.9 Å². The van der Waals surface area contributed by atoms with Crippen LogP contribution in [0.25, 0.3) is 11.4 Å². The average Bonchev–Trinajstić information content (AvgIpc) is 3.21. The van der Waals surface area contributed by atoms with Crippen molar-refractivity contribution in [3.63, 3.8) is 0 Å². The number of aromatic nitrogens is 4. The van der Waals surface area contributed by atoms with E-state index in [1.165, 1.54) is 12.1 Å². The molecule has 0 unspecified atom stereocenters. The van der Waals surface area contributed by atoms with Gasteiger partial charge in [-0.3, -0.25) is 9.48 Å². The molecule has 0 bridgehead atoms. The smallest absolute Gasteiger partial charge is 0.255 e. The number of hydrogen-bond acceptors (Lipinski definition) is 5. The first-order valence-electron chi connectivity index (χ1n) is 8.31. The van der Waals surface area contributed by atoms with Crippen LogP contribution < -0.4 is 5.32 Å². The minimum Gasteiger partial charge on any atom is -0.340 e. The monoisotopic (exact) mass is 357 g/mol. The van der Waals surface area contributed by atoms with E-state index in [4.69, 9.17) is 4.52 Å². The number of carbonyl (C=O) groups excluding carboxylic acids is 1. The maximum Gasteiger partial charge on any atom is 0.255 e. The first-order chi connectivity index (χ1) is 12.3. The molecule has 1 N–H and O–H groups in total. The minimum atomic E-state index is -0.501. The topological polar surface area (TPSA) is 85.8 Å². The van der Waals surface area contributed by atoms with Gasteiger partial charge >= 0.3 is 0 Å². The Labute approximate surface area is 150 Å². The number of halogens is 1. The molecular weight excluding hydrogens is 337 g/mol. The van der Waals surface area contributed by atoms with Crippen LogP contribution in [0.1, 0.15) is 54.8 Å².